The monoisotopic (exact) mass is 552 g/mol. The summed E-state index contributed by atoms with van der Waals surface area (Å²) in [5.74, 6) is 1.05. The lowest BCUT2D eigenvalue weighted by Gasteiger charge is -2.26. The molecule has 1 unspecified atom stereocenters. The molecule has 3 aromatic rings. The maximum absolute atomic E-state index is 13.9. The summed E-state index contributed by atoms with van der Waals surface area (Å²) in [4.78, 5) is 24.4. The first-order valence-electron chi connectivity index (χ1n) is 13.0. The Kier molecular flexibility index (Phi) is 7.60. The first-order chi connectivity index (χ1) is 18.7. The van der Waals surface area contributed by atoms with E-state index in [0.29, 0.717) is 29.0 Å². The second-order valence-electron chi connectivity index (χ2n) is 10.8. The Morgan fingerprint density at radius 3 is 2.69 bits per heavy atom. The fourth-order valence-electron chi connectivity index (χ4n) is 5.70. The molecule has 2 aliphatic heterocycles. The Morgan fingerprint density at radius 1 is 1.10 bits per heavy atom. The van der Waals surface area contributed by atoms with Gasteiger partial charge in [-0.25, -0.2) is 14.4 Å². The number of hydrogen-bond donors (Lipinski definition) is 2. The van der Waals surface area contributed by atoms with Gasteiger partial charge < -0.3 is 24.8 Å². The van der Waals surface area contributed by atoms with Crippen molar-refractivity contribution >= 4 is 36.0 Å². The highest BCUT2D eigenvalue weighted by molar-refractivity contribution is 7.70. The zero-order chi connectivity index (χ0) is 27.6. The minimum Gasteiger partial charge on any atom is -0.451 e. The minimum atomic E-state index is -2.78. The molecule has 11 heteroatoms. The number of hydrogen-bond acceptors (Lipinski definition) is 8. The zero-order valence-corrected chi connectivity index (χ0v) is 23.4. The van der Waals surface area contributed by atoms with E-state index in [1.165, 1.54) is 24.5 Å². The van der Waals surface area contributed by atoms with Gasteiger partial charge in [-0.05, 0) is 68.6 Å². The van der Waals surface area contributed by atoms with Gasteiger partial charge in [0.15, 0.2) is 11.6 Å². The topological polar surface area (TPSA) is 99.7 Å². The number of carbonyl (C=O) groups excluding carboxylic acids is 1. The van der Waals surface area contributed by atoms with E-state index in [1.54, 1.807) is 19.5 Å². The lowest BCUT2D eigenvalue weighted by Crippen LogP contribution is -2.31. The average molecular weight is 553 g/mol. The Hall–Kier alpha value is -3.49. The first kappa shape index (κ1) is 27.1. The van der Waals surface area contributed by atoms with Crippen LogP contribution in [0.1, 0.15) is 18.4 Å². The highest BCUT2D eigenvalue weighted by Gasteiger charge is 2.44. The van der Waals surface area contributed by atoms with Crippen LogP contribution in [-0.4, -0.2) is 67.8 Å². The van der Waals surface area contributed by atoms with Crippen molar-refractivity contribution in [1.82, 2.24) is 14.9 Å². The molecule has 2 saturated heterocycles. The van der Waals surface area contributed by atoms with Crippen LogP contribution in [-0.2, 0) is 15.9 Å². The van der Waals surface area contributed by atoms with Crippen molar-refractivity contribution in [2.24, 2.45) is 5.41 Å². The molecule has 2 aliphatic rings. The van der Waals surface area contributed by atoms with Crippen LogP contribution in [0.4, 0.5) is 21.6 Å². The molecule has 1 amide bonds. The third-order valence-corrected chi connectivity index (χ3v) is 9.12. The molecule has 0 aliphatic carbocycles. The standard InChI is InChI=1S/C28H34FN6O3P/c1-30-22-6-4-20(12-23(22)33-19-36)15-34-10-8-28(16-34)9-11-35(17-28)27-25(14-31-18-32-27)38-24-7-5-21(29)13-26(24)39(2,3)37/h4-7,12-14,18-19,30H,8-11,15-17H2,1-3H3,(H,33,36). The van der Waals surface area contributed by atoms with Crippen molar-refractivity contribution in [3.63, 3.8) is 0 Å². The largest absolute Gasteiger partial charge is 0.451 e. The molecule has 5 rings (SSSR count). The second kappa shape index (κ2) is 10.9. The van der Waals surface area contributed by atoms with E-state index in [-0.39, 0.29) is 5.41 Å². The number of carbonyl (C=O) groups is 1. The van der Waals surface area contributed by atoms with Gasteiger partial charge in [0.05, 0.1) is 22.9 Å². The van der Waals surface area contributed by atoms with Gasteiger partial charge in [-0.2, -0.15) is 0 Å². The number of amides is 1. The van der Waals surface area contributed by atoms with Crippen LogP contribution in [0.2, 0.25) is 0 Å². The molecule has 1 atom stereocenters. The molecule has 2 fully saturated rings. The van der Waals surface area contributed by atoms with E-state index in [4.69, 9.17) is 4.74 Å². The van der Waals surface area contributed by atoms with Crippen molar-refractivity contribution < 1.29 is 18.5 Å². The van der Waals surface area contributed by atoms with Crippen LogP contribution < -0.4 is 25.6 Å². The summed E-state index contributed by atoms with van der Waals surface area (Å²) in [7, 11) is -0.947. The molecule has 39 heavy (non-hydrogen) atoms. The summed E-state index contributed by atoms with van der Waals surface area (Å²) in [6, 6.07) is 10.2. The molecule has 1 spiro atoms. The molecule has 206 valence electrons. The van der Waals surface area contributed by atoms with Crippen LogP contribution in [0.5, 0.6) is 11.5 Å². The first-order valence-corrected chi connectivity index (χ1v) is 15.6. The number of halogens is 1. The van der Waals surface area contributed by atoms with Gasteiger partial charge in [-0.3, -0.25) is 9.69 Å². The van der Waals surface area contributed by atoms with Gasteiger partial charge in [0.2, 0.25) is 6.41 Å². The van der Waals surface area contributed by atoms with Crippen molar-refractivity contribution in [1.29, 1.82) is 0 Å². The number of ether oxygens (including phenoxy) is 1. The van der Waals surface area contributed by atoms with E-state index in [0.717, 1.165) is 62.5 Å². The Balaban J connectivity index is 1.29. The molecular formula is C28H34FN6O3P. The summed E-state index contributed by atoms with van der Waals surface area (Å²) in [5, 5.41) is 6.23. The van der Waals surface area contributed by atoms with Crippen molar-refractivity contribution in [2.75, 3.05) is 62.1 Å². The van der Waals surface area contributed by atoms with E-state index >= 15 is 0 Å². The van der Waals surface area contributed by atoms with Gasteiger partial charge in [0.1, 0.15) is 25.0 Å². The van der Waals surface area contributed by atoms with Gasteiger partial charge in [0, 0.05) is 38.6 Å². The number of anilines is 3. The van der Waals surface area contributed by atoms with Crippen LogP contribution in [0.25, 0.3) is 0 Å². The normalized spacial score (nSPS) is 19.4. The van der Waals surface area contributed by atoms with E-state index in [2.05, 4.69) is 36.5 Å². The summed E-state index contributed by atoms with van der Waals surface area (Å²) in [6.07, 6.45) is 5.92. The Labute approximate surface area is 228 Å². The number of nitrogens with one attached hydrogen (secondary N) is 2. The lowest BCUT2D eigenvalue weighted by atomic mass is 9.86. The van der Waals surface area contributed by atoms with Gasteiger partial charge >= 0.3 is 0 Å². The summed E-state index contributed by atoms with van der Waals surface area (Å²) >= 11 is 0. The second-order valence-corrected chi connectivity index (χ2v) is 14.0. The fraction of sp³-hybridized carbons (Fsp3) is 0.393. The SMILES string of the molecule is CNc1ccc(CN2CCC3(CCN(c4ncncc4Oc4ccc(F)cc4P(C)(C)=O)C3)C2)cc1NC=O. The average Bonchev–Trinajstić information content (AvgIpc) is 3.51. The summed E-state index contributed by atoms with van der Waals surface area (Å²) in [6.45, 7) is 7.64. The molecule has 0 bridgehead atoms. The van der Waals surface area contributed by atoms with Crippen LogP contribution in [0.15, 0.2) is 48.9 Å². The summed E-state index contributed by atoms with van der Waals surface area (Å²) < 4.78 is 32.9. The highest BCUT2D eigenvalue weighted by Crippen LogP contribution is 2.44. The zero-order valence-electron chi connectivity index (χ0n) is 22.5. The maximum Gasteiger partial charge on any atom is 0.211 e. The minimum absolute atomic E-state index is 0.139. The molecular weight excluding hydrogens is 518 g/mol. The summed E-state index contributed by atoms with van der Waals surface area (Å²) in [5.41, 5.74) is 2.94. The van der Waals surface area contributed by atoms with Crippen LogP contribution >= 0.6 is 7.14 Å². The number of nitrogens with zero attached hydrogens (tertiary/aromatic N) is 4. The van der Waals surface area contributed by atoms with Gasteiger partial charge in [-0.1, -0.05) is 6.07 Å². The van der Waals surface area contributed by atoms with Crippen LogP contribution in [0, 0.1) is 11.2 Å². The number of aromatic nitrogens is 2. The highest BCUT2D eigenvalue weighted by atomic mass is 31.2. The Bertz CT molecular complexity index is 1420. The molecule has 9 nitrogen and oxygen atoms in total. The molecule has 0 radical (unpaired) electrons. The Morgan fingerprint density at radius 2 is 1.92 bits per heavy atom. The van der Waals surface area contributed by atoms with Crippen molar-refractivity contribution in [2.45, 2.75) is 19.4 Å². The van der Waals surface area contributed by atoms with E-state index < -0.39 is 13.0 Å². The van der Waals surface area contributed by atoms with Crippen LogP contribution in [0.3, 0.4) is 0 Å². The number of likely N-dealkylation sites (tertiary alicyclic amines) is 1. The van der Waals surface area contributed by atoms with Gasteiger partial charge in [-0.15, -0.1) is 0 Å². The fourth-order valence-corrected chi connectivity index (χ4v) is 6.78. The predicted molar refractivity (Wildman–Crippen MR) is 152 cm³/mol. The number of benzene rings is 2. The predicted octanol–water partition coefficient (Wildman–Crippen LogP) is 4.37. The molecule has 0 saturated carbocycles. The quantitative estimate of drug-likeness (QED) is 0.298. The number of rotatable bonds is 9. The van der Waals surface area contributed by atoms with E-state index in [1.807, 2.05) is 19.2 Å². The lowest BCUT2D eigenvalue weighted by molar-refractivity contribution is -0.105. The maximum atomic E-state index is 13.9. The molecule has 2 aromatic carbocycles. The smallest absolute Gasteiger partial charge is 0.211 e. The third-order valence-electron chi connectivity index (χ3n) is 7.61. The molecule has 3 heterocycles. The third kappa shape index (κ3) is 5.92. The van der Waals surface area contributed by atoms with Crippen molar-refractivity contribution in [3.8, 4) is 11.5 Å². The van der Waals surface area contributed by atoms with E-state index in [9.17, 15) is 13.8 Å². The van der Waals surface area contributed by atoms with Gasteiger partial charge in [0.25, 0.3) is 0 Å². The molecule has 1 aromatic heterocycles. The molecule has 2 N–H and O–H groups in total. The van der Waals surface area contributed by atoms with Crippen molar-refractivity contribution in [3.05, 3.63) is 60.3 Å².